The fraction of sp³-hybridized carbons (Fsp3) is 1.00. The highest BCUT2D eigenvalue weighted by molar-refractivity contribution is 6.60. The molecule has 1 aliphatic rings. The summed E-state index contributed by atoms with van der Waals surface area (Å²) in [5, 5.41) is 0. The van der Waals surface area contributed by atoms with Crippen LogP contribution in [-0.2, 0) is 18.0 Å². The van der Waals surface area contributed by atoms with Crippen molar-refractivity contribution in [1.82, 2.24) is 0 Å². The van der Waals surface area contributed by atoms with Gasteiger partial charge in [-0.15, -0.1) is 0 Å². The Balaban J connectivity index is 1.89. The first-order valence-corrected chi connectivity index (χ1v) is 8.96. The minimum Gasteiger partial charge on any atom is -0.377 e. The molecule has 18 heavy (non-hydrogen) atoms. The number of hydrogen-bond acceptors (Lipinski definition) is 4. The van der Waals surface area contributed by atoms with Gasteiger partial charge in [0.05, 0.1) is 12.7 Å². The van der Waals surface area contributed by atoms with Crippen LogP contribution in [0.4, 0.5) is 0 Å². The molecule has 1 rings (SSSR count). The number of epoxide rings is 1. The molecule has 0 saturated carbocycles. The zero-order valence-corrected chi connectivity index (χ0v) is 13.1. The van der Waals surface area contributed by atoms with Gasteiger partial charge < -0.3 is 18.0 Å². The summed E-state index contributed by atoms with van der Waals surface area (Å²) < 4.78 is 21.4. The van der Waals surface area contributed by atoms with E-state index in [1.165, 1.54) is 38.5 Å². The predicted molar refractivity (Wildman–Crippen MR) is 73.6 cm³/mol. The van der Waals surface area contributed by atoms with Gasteiger partial charge in [0.2, 0.25) is 0 Å². The number of ether oxygens (including phenoxy) is 1. The lowest BCUT2D eigenvalue weighted by Gasteiger charge is -2.24. The molecule has 1 heterocycles. The summed E-state index contributed by atoms with van der Waals surface area (Å²) >= 11 is 0. The van der Waals surface area contributed by atoms with Crippen molar-refractivity contribution < 1.29 is 18.0 Å². The van der Waals surface area contributed by atoms with Crippen molar-refractivity contribution in [2.75, 3.05) is 27.9 Å². The van der Waals surface area contributed by atoms with Crippen molar-refractivity contribution in [3.05, 3.63) is 0 Å². The van der Waals surface area contributed by atoms with Gasteiger partial charge in [-0.05, 0) is 12.8 Å². The van der Waals surface area contributed by atoms with E-state index in [9.17, 15) is 0 Å². The van der Waals surface area contributed by atoms with Crippen molar-refractivity contribution in [3.8, 4) is 0 Å². The van der Waals surface area contributed by atoms with Crippen molar-refractivity contribution in [1.29, 1.82) is 0 Å². The third-order valence-corrected chi connectivity index (χ3v) is 6.43. The second-order valence-electron chi connectivity index (χ2n) is 4.91. The van der Waals surface area contributed by atoms with E-state index in [2.05, 4.69) is 0 Å². The Morgan fingerprint density at radius 2 is 1.39 bits per heavy atom. The van der Waals surface area contributed by atoms with Gasteiger partial charge in [0.15, 0.2) is 0 Å². The molecule has 1 aliphatic heterocycles. The fourth-order valence-corrected chi connectivity index (χ4v) is 4.01. The molecule has 0 spiro atoms. The zero-order chi connectivity index (χ0) is 13.3. The summed E-state index contributed by atoms with van der Waals surface area (Å²) in [7, 11) is 2.72. The molecule has 1 saturated heterocycles. The van der Waals surface area contributed by atoms with Crippen molar-refractivity contribution in [3.63, 3.8) is 0 Å². The van der Waals surface area contributed by atoms with Gasteiger partial charge in [0.1, 0.15) is 0 Å². The summed E-state index contributed by atoms with van der Waals surface area (Å²) in [6.45, 7) is 0.998. The van der Waals surface area contributed by atoms with Crippen LogP contribution in [0.2, 0.25) is 6.04 Å². The Morgan fingerprint density at radius 3 is 1.89 bits per heavy atom. The van der Waals surface area contributed by atoms with Gasteiger partial charge in [-0.25, -0.2) is 0 Å². The summed E-state index contributed by atoms with van der Waals surface area (Å²) in [6, 6.07) is 0.923. The third kappa shape index (κ3) is 6.29. The number of hydrogen-bond donors (Lipinski definition) is 0. The first-order chi connectivity index (χ1) is 8.76. The van der Waals surface area contributed by atoms with E-state index in [4.69, 9.17) is 18.0 Å². The molecule has 108 valence electrons. The van der Waals surface area contributed by atoms with E-state index in [0.29, 0.717) is 6.10 Å². The van der Waals surface area contributed by atoms with Crippen LogP contribution in [0.5, 0.6) is 0 Å². The normalized spacial score (nSPS) is 19.2. The maximum Gasteiger partial charge on any atom is 0.500 e. The Morgan fingerprint density at radius 1 is 0.889 bits per heavy atom. The van der Waals surface area contributed by atoms with Crippen molar-refractivity contribution >= 4 is 8.80 Å². The van der Waals surface area contributed by atoms with E-state index in [1.807, 2.05) is 0 Å². The highest BCUT2D eigenvalue weighted by atomic mass is 28.4. The van der Waals surface area contributed by atoms with Crippen LogP contribution >= 0.6 is 0 Å². The summed E-state index contributed by atoms with van der Waals surface area (Å²) in [4.78, 5) is 0. The van der Waals surface area contributed by atoms with Crippen LogP contribution in [-0.4, -0.2) is 42.8 Å². The molecule has 0 amide bonds. The molecular formula is C13H28O4Si. The molecule has 0 aliphatic carbocycles. The average molecular weight is 276 g/mol. The molecule has 0 bridgehead atoms. The average Bonchev–Trinajstić information content (AvgIpc) is 3.22. The lowest BCUT2D eigenvalue weighted by molar-refractivity contribution is 0.122. The van der Waals surface area contributed by atoms with Crippen LogP contribution in [0, 0.1) is 0 Å². The standard InChI is InChI=1S/C13H28O4Si/c1-14-18(15-2,16-3)11-9-7-5-4-6-8-10-13-12-17-13/h13H,4-12H2,1-3H3/t13-/m0/s1. The van der Waals surface area contributed by atoms with Gasteiger partial charge >= 0.3 is 8.80 Å². The quantitative estimate of drug-likeness (QED) is 0.312. The molecule has 0 N–H and O–H groups in total. The minimum absolute atomic E-state index is 0.599. The van der Waals surface area contributed by atoms with Crippen LogP contribution in [0.3, 0.4) is 0 Å². The Labute approximate surface area is 112 Å². The second-order valence-corrected chi connectivity index (χ2v) is 8.00. The van der Waals surface area contributed by atoms with Gasteiger partial charge in [0.25, 0.3) is 0 Å². The Hall–Kier alpha value is 0.0569. The lowest BCUT2D eigenvalue weighted by atomic mass is 10.1. The van der Waals surface area contributed by atoms with Gasteiger partial charge in [-0.1, -0.05) is 32.1 Å². The molecule has 0 radical (unpaired) electrons. The molecule has 5 heteroatoms. The molecule has 0 unspecified atom stereocenters. The lowest BCUT2D eigenvalue weighted by Crippen LogP contribution is -2.42. The summed E-state index contributed by atoms with van der Waals surface area (Å²) in [5.41, 5.74) is 0. The van der Waals surface area contributed by atoms with E-state index < -0.39 is 8.80 Å². The Kier molecular flexibility index (Phi) is 8.09. The summed E-state index contributed by atoms with van der Waals surface area (Å²) in [5.74, 6) is 0. The van der Waals surface area contributed by atoms with Gasteiger partial charge in [-0.2, -0.15) is 0 Å². The molecule has 4 nitrogen and oxygen atoms in total. The van der Waals surface area contributed by atoms with Crippen LogP contribution in [0.15, 0.2) is 0 Å². The number of unbranched alkanes of at least 4 members (excludes halogenated alkanes) is 5. The highest BCUT2D eigenvalue weighted by Gasteiger charge is 2.36. The second kappa shape index (κ2) is 9.04. The minimum atomic E-state index is -2.32. The van der Waals surface area contributed by atoms with Gasteiger partial charge in [0, 0.05) is 27.4 Å². The molecule has 0 aromatic rings. The first-order valence-electron chi connectivity index (χ1n) is 7.03. The van der Waals surface area contributed by atoms with E-state index >= 15 is 0 Å². The maximum absolute atomic E-state index is 5.40. The fourth-order valence-electron chi connectivity index (χ4n) is 2.21. The van der Waals surface area contributed by atoms with Gasteiger partial charge in [-0.3, -0.25) is 0 Å². The Bertz CT molecular complexity index is 197. The monoisotopic (exact) mass is 276 g/mol. The van der Waals surface area contributed by atoms with Crippen LogP contribution < -0.4 is 0 Å². The predicted octanol–water partition coefficient (Wildman–Crippen LogP) is 2.99. The number of rotatable bonds is 12. The zero-order valence-electron chi connectivity index (χ0n) is 12.1. The topological polar surface area (TPSA) is 40.2 Å². The van der Waals surface area contributed by atoms with Crippen molar-refractivity contribution in [2.45, 2.75) is 57.1 Å². The smallest absolute Gasteiger partial charge is 0.377 e. The van der Waals surface area contributed by atoms with Crippen LogP contribution in [0.1, 0.15) is 44.9 Å². The highest BCUT2D eigenvalue weighted by Crippen LogP contribution is 2.20. The molecule has 0 aromatic heterocycles. The molecule has 1 fully saturated rings. The van der Waals surface area contributed by atoms with Crippen molar-refractivity contribution in [2.24, 2.45) is 0 Å². The van der Waals surface area contributed by atoms with Crippen LogP contribution in [0.25, 0.3) is 0 Å². The molecule has 1 atom stereocenters. The summed E-state index contributed by atoms with van der Waals surface area (Å²) in [6.07, 6.45) is 9.51. The van der Waals surface area contributed by atoms with E-state index in [0.717, 1.165) is 19.1 Å². The first kappa shape index (κ1) is 16.1. The molecule has 0 aromatic carbocycles. The van der Waals surface area contributed by atoms with E-state index in [-0.39, 0.29) is 0 Å². The van der Waals surface area contributed by atoms with E-state index in [1.54, 1.807) is 21.3 Å². The SMILES string of the molecule is CO[Si](CCCCCCCC[C@H]1CO1)(OC)OC. The molecular weight excluding hydrogens is 248 g/mol. The maximum atomic E-state index is 5.40. The third-order valence-electron chi connectivity index (χ3n) is 3.59. The largest absolute Gasteiger partial charge is 0.500 e.